The van der Waals surface area contributed by atoms with Crippen LogP contribution in [0, 0.1) is 11.7 Å². The molecule has 106 valence electrons. The molecule has 1 aromatic rings. The number of anilines is 1. The summed E-state index contributed by atoms with van der Waals surface area (Å²) in [6.45, 7) is 2.90. The molecule has 0 saturated heterocycles. The van der Waals surface area contributed by atoms with Crippen LogP contribution in [0.5, 0.6) is 0 Å². The van der Waals surface area contributed by atoms with Crippen molar-refractivity contribution < 1.29 is 4.39 Å². The average Bonchev–Trinajstić information content (AvgIpc) is 2.40. The molecule has 0 heterocycles. The van der Waals surface area contributed by atoms with Crippen LogP contribution in [-0.2, 0) is 6.54 Å². The van der Waals surface area contributed by atoms with E-state index in [0.717, 1.165) is 17.2 Å². The molecule has 3 heteroatoms. The van der Waals surface area contributed by atoms with Crippen LogP contribution in [-0.4, -0.2) is 20.1 Å². The van der Waals surface area contributed by atoms with Crippen LogP contribution in [0.15, 0.2) is 18.2 Å². The van der Waals surface area contributed by atoms with E-state index in [4.69, 9.17) is 0 Å². The molecular weight excluding hydrogens is 239 g/mol. The lowest BCUT2D eigenvalue weighted by Gasteiger charge is -2.36. The Balaban J connectivity index is 2.22. The van der Waals surface area contributed by atoms with Crippen molar-refractivity contribution in [2.45, 2.75) is 45.2 Å². The highest BCUT2D eigenvalue weighted by atomic mass is 19.1. The predicted molar refractivity (Wildman–Crippen MR) is 79.0 cm³/mol. The summed E-state index contributed by atoms with van der Waals surface area (Å²) in [6.07, 6.45) is 5.05. The van der Waals surface area contributed by atoms with Crippen molar-refractivity contribution in [3.8, 4) is 0 Å². The third-order valence-corrected chi connectivity index (χ3v) is 4.28. The summed E-state index contributed by atoms with van der Waals surface area (Å²) in [5.41, 5.74) is 1.82. The molecule has 2 unspecified atom stereocenters. The number of hydrogen-bond acceptors (Lipinski definition) is 2. The summed E-state index contributed by atoms with van der Waals surface area (Å²) in [7, 11) is 3.97. The number of rotatable bonds is 4. The maximum atomic E-state index is 14.0. The van der Waals surface area contributed by atoms with Gasteiger partial charge in [-0.25, -0.2) is 4.39 Å². The number of hydrogen-bond donors (Lipinski definition) is 1. The lowest BCUT2D eigenvalue weighted by molar-refractivity contribution is 0.336. The summed E-state index contributed by atoms with van der Waals surface area (Å²) >= 11 is 0. The number of halogens is 1. The first-order chi connectivity index (χ1) is 9.13. The zero-order valence-electron chi connectivity index (χ0n) is 12.2. The number of benzene rings is 1. The molecule has 1 saturated carbocycles. The molecular formula is C16H25FN2. The van der Waals surface area contributed by atoms with Gasteiger partial charge in [-0.2, -0.15) is 0 Å². The third-order valence-electron chi connectivity index (χ3n) is 4.28. The Morgan fingerprint density at radius 3 is 2.84 bits per heavy atom. The van der Waals surface area contributed by atoms with E-state index in [1.807, 2.05) is 19.2 Å². The van der Waals surface area contributed by atoms with Crippen molar-refractivity contribution in [1.82, 2.24) is 5.32 Å². The van der Waals surface area contributed by atoms with E-state index in [-0.39, 0.29) is 5.82 Å². The molecule has 1 fully saturated rings. The zero-order chi connectivity index (χ0) is 13.8. The SMILES string of the molecule is CNCc1c(F)cccc1N(C)C1CCCC(C)C1. The normalized spacial score (nSPS) is 23.4. The summed E-state index contributed by atoms with van der Waals surface area (Å²) in [5, 5.41) is 3.07. The van der Waals surface area contributed by atoms with Gasteiger partial charge in [0.1, 0.15) is 5.82 Å². The Hall–Kier alpha value is -1.09. The molecule has 1 aliphatic carbocycles. The summed E-state index contributed by atoms with van der Waals surface area (Å²) < 4.78 is 14.0. The number of nitrogens with zero attached hydrogens (tertiary/aromatic N) is 1. The Kier molecular flexibility index (Phi) is 4.81. The first-order valence-corrected chi connectivity index (χ1v) is 7.28. The zero-order valence-corrected chi connectivity index (χ0v) is 12.2. The largest absolute Gasteiger partial charge is 0.371 e. The molecule has 19 heavy (non-hydrogen) atoms. The van der Waals surface area contributed by atoms with Gasteiger partial charge in [-0.3, -0.25) is 0 Å². The molecule has 0 radical (unpaired) electrons. The van der Waals surface area contributed by atoms with Crippen LogP contribution >= 0.6 is 0 Å². The van der Waals surface area contributed by atoms with Gasteiger partial charge >= 0.3 is 0 Å². The highest BCUT2D eigenvalue weighted by Gasteiger charge is 2.24. The average molecular weight is 264 g/mol. The molecule has 2 atom stereocenters. The second kappa shape index (κ2) is 6.38. The molecule has 1 aromatic carbocycles. The van der Waals surface area contributed by atoms with Crippen LogP contribution in [0.1, 0.15) is 38.2 Å². The van der Waals surface area contributed by atoms with E-state index in [9.17, 15) is 4.39 Å². The predicted octanol–water partition coefficient (Wildman–Crippen LogP) is 3.56. The van der Waals surface area contributed by atoms with Crippen molar-refractivity contribution in [2.75, 3.05) is 19.0 Å². The highest BCUT2D eigenvalue weighted by Crippen LogP contribution is 2.31. The fourth-order valence-corrected chi connectivity index (χ4v) is 3.18. The van der Waals surface area contributed by atoms with Gasteiger partial charge in [0.25, 0.3) is 0 Å². The van der Waals surface area contributed by atoms with E-state index in [1.54, 1.807) is 6.07 Å². The summed E-state index contributed by atoms with van der Waals surface area (Å²) in [6, 6.07) is 5.94. The molecule has 1 N–H and O–H groups in total. The first-order valence-electron chi connectivity index (χ1n) is 7.28. The molecule has 2 rings (SSSR count). The van der Waals surface area contributed by atoms with Crippen LogP contribution in [0.3, 0.4) is 0 Å². The molecule has 0 aliphatic heterocycles. The van der Waals surface area contributed by atoms with Gasteiger partial charge in [0.15, 0.2) is 0 Å². The Morgan fingerprint density at radius 2 is 2.16 bits per heavy atom. The Bertz CT molecular complexity index is 419. The van der Waals surface area contributed by atoms with Gasteiger partial charge in [-0.05, 0) is 37.9 Å². The fraction of sp³-hybridized carbons (Fsp3) is 0.625. The van der Waals surface area contributed by atoms with Gasteiger partial charge < -0.3 is 10.2 Å². The lowest BCUT2D eigenvalue weighted by atomic mass is 9.86. The lowest BCUT2D eigenvalue weighted by Crippen LogP contribution is -2.36. The van der Waals surface area contributed by atoms with Gasteiger partial charge in [0.05, 0.1) is 0 Å². The topological polar surface area (TPSA) is 15.3 Å². The van der Waals surface area contributed by atoms with Crippen molar-refractivity contribution >= 4 is 5.69 Å². The minimum atomic E-state index is -0.109. The second-order valence-electron chi connectivity index (χ2n) is 5.80. The summed E-state index contributed by atoms with van der Waals surface area (Å²) in [5.74, 6) is 0.671. The van der Waals surface area contributed by atoms with Gasteiger partial charge in [-0.1, -0.05) is 25.8 Å². The van der Waals surface area contributed by atoms with Crippen LogP contribution in [0.25, 0.3) is 0 Å². The standard InChI is InChI=1S/C16H25FN2/c1-12-6-4-7-13(10-12)19(3)16-9-5-8-15(17)14(16)11-18-2/h5,8-9,12-13,18H,4,6-7,10-11H2,1-3H3. The van der Waals surface area contributed by atoms with E-state index in [1.165, 1.54) is 25.7 Å². The fourth-order valence-electron chi connectivity index (χ4n) is 3.18. The second-order valence-corrected chi connectivity index (χ2v) is 5.80. The van der Waals surface area contributed by atoms with E-state index in [2.05, 4.69) is 24.2 Å². The third kappa shape index (κ3) is 3.27. The molecule has 0 bridgehead atoms. The van der Waals surface area contributed by atoms with Gasteiger partial charge in [0.2, 0.25) is 0 Å². The van der Waals surface area contributed by atoms with E-state index in [0.29, 0.717) is 12.6 Å². The quantitative estimate of drug-likeness (QED) is 0.894. The van der Waals surface area contributed by atoms with Crippen LogP contribution in [0.2, 0.25) is 0 Å². The molecule has 0 aromatic heterocycles. The Morgan fingerprint density at radius 1 is 1.37 bits per heavy atom. The molecule has 0 amide bonds. The van der Waals surface area contributed by atoms with E-state index >= 15 is 0 Å². The van der Waals surface area contributed by atoms with Crippen LogP contribution in [0.4, 0.5) is 10.1 Å². The first kappa shape index (κ1) is 14.3. The van der Waals surface area contributed by atoms with E-state index < -0.39 is 0 Å². The molecule has 1 aliphatic rings. The van der Waals surface area contributed by atoms with Crippen molar-refractivity contribution in [2.24, 2.45) is 5.92 Å². The number of nitrogens with one attached hydrogen (secondary N) is 1. The smallest absolute Gasteiger partial charge is 0.129 e. The van der Waals surface area contributed by atoms with Crippen LogP contribution < -0.4 is 10.2 Å². The maximum Gasteiger partial charge on any atom is 0.129 e. The highest BCUT2D eigenvalue weighted by molar-refractivity contribution is 5.54. The maximum absolute atomic E-state index is 14.0. The molecule has 0 spiro atoms. The summed E-state index contributed by atoms with van der Waals surface area (Å²) in [4.78, 5) is 2.28. The minimum Gasteiger partial charge on any atom is -0.371 e. The minimum absolute atomic E-state index is 0.109. The van der Waals surface area contributed by atoms with Crippen molar-refractivity contribution in [1.29, 1.82) is 0 Å². The molecule has 2 nitrogen and oxygen atoms in total. The van der Waals surface area contributed by atoms with Gasteiger partial charge in [0, 0.05) is 30.9 Å². The monoisotopic (exact) mass is 264 g/mol. The Labute approximate surface area is 116 Å². The van der Waals surface area contributed by atoms with Crippen molar-refractivity contribution in [3.63, 3.8) is 0 Å². The van der Waals surface area contributed by atoms with Crippen molar-refractivity contribution in [3.05, 3.63) is 29.6 Å². The van der Waals surface area contributed by atoms with Gasteiger partial charge in [-0.15, -0.1) is 0 Å².